The van der Waals surface area contributed by atoms with E-state index in [9.17, 15) is 23.4 Å². The van der Waals surface area contributed by atoms with Crippen LogP contribution in [0.3, 0.4) is 0 Å². The Balaban J connectivity index is 1.71. The van der Waals surface area contributed by atoms with Gasteiger partial charge in [-0.2, -0.15) is 13.2 Å². The number of hydrogen-bond acceptors (Lipinski definition) is 5. The Hall–Kier alpha value is -3.35. The molecule has 0 amide bonds. The molecule has 0 fully saturated rings. The van der Waals surface area contributed by atoms with Gasteiger partial charge in [-0.3, -0.25) is 4.98 Å². The largest absolute Gasteiger partial charge is 0.416 e. The summed E-state index contributed by atoms with van der Waals surface area (Å²) in [6, 6.07) is 6.69. The maximum Gasteiger partial charge on any atom is 0.416 e. The van der Waals surface area contributed by atoms with Crippen molar-refractivity contribution in [3.05, 3.63) is 77.0 Å². The normalized spacial score (nSPS) is 12.2. The number of nitrogens with zero attached hydrogens (tertiary/aromatic N) is 3. The van der Waals surface area contributed by atoms with Gasteiger partial charge in [-0.1, -0.05) is 18.1 Å². The predicted octanol–water partition coefficient (Wildman–Crippen LogP) is 3.31. The number of anilines is 1. The molecular formula is C21H19F3N4O2. The molecule has 2 heterocycles. The number of rotatable bonds is 6. The first kappa shape index (κ1) is 21.4. The summed E-state index contributed by atoms with van der Waals surface area (Å²) >= 11 is 0. The van der Waals surface area contributed by atoms with Crippen LogP contribution in [0.25, 0.3) is 0 Å². The quantitative estimate of drug-likeness (QED) is 0.424. The molecule has 0 saturated heterocycles. The molecule has 6 nitrogen and oxygen atoms in total. The zero-order chi connectivity index (χ0) is 21.7. The number of hydrogen-bond donors (Lipinski definition) is 3. The lowest BCUT2D eigenvalue weighted by Gasteiger charge is -2.13. The maximum absolute atomic E-state index is 12.9. The topological polar surface area (TPSA) is 83.2 Å². The van der Waals surface area contributed by atoms with E-state index < -0.39 is 18.0 Å². The van der Waals surface area contributed by atoms with E-state index in [0.717, 1.165) is 12.1 Å². The van der Waals surface area contributed by atoms with E-state index in [1.165, 1.54) is 18.6 Å². The van der Waals surface area contributed by atoms with Crippen LogP contribution in [0, 0.1) is 11.8 Å². The number of aromatic nitrogens is 3. The van der Waals surface area contributed by atoms with Gasteiger partial charge in [-0.05, 0) is 30.7 Å². The molecule has 3 aromatic rings. The molecule has 1 atom stereocenters. The minimum Gasteiger partial charge on any atom is -0.390 e. The number of imidazole rings is 1. The number of nitrogens with one attached hydrogen (secondary N) is 1. The van der Waals surface area contributed by atoms with Crippen molar-refractivity contribution in [1.29, 1.82) is 0 Å². The Labute approximate surface area is 171 Å². The van der Waals surface area contributed by atoms with Gasteiger partial charge in [0.2, 0.25) is 0 Å². The van der Waals surface area contributed by atoms with Gasteiger partial charge in [0, 0.05) is 30.1 Å². The predicted molar refractivity (Wildman–Crippen MR) is 104 cm³/mol. The summed E-state index contributed by atoms with van der Waals surface area (Å²) in [4.78, 5) is 8.22. The van der Waals surface area contributed by atoms with Gasteiger partial charge in [-0.25, -0.2) is 4.98 Å². The first-order valence-electron chi connectivity index (χ1n) is 8.95. The molecule has 1 unspecified atom stereocenters. The van der Waals surface area contributed by atoms with E-state index in [4.69, 9.17) is 0 Å². The van der Waals surface area contributed by atoms with Crippen molar-refractivity contribution in [2.24, 2.45) is 0 Å². The van der Waals surface area contributed by atoms with Crippen LogP contribution in [0.2, 0.25) is 0 Å². The molecule has 30 heavy (non-hydrogen) atoms. The molecule has 0 radical (unpaired) electrons. The summed E-state index contributed by atoms with van der Waals surface area (Å²) in [7, 11) is 0. The molecule has 2 aromatic heterocycles. The Morgan fingerprint density at radius 3 is 2.73 bits per heavy atom. The second kappa shape index (κ2) is 8.98. The lowest BCUT2D eigenvalue weighted by Crippen LogP contribution is -2.11. The first-order chi connectivity index (χ1) is 14.3. The van der Waals surface area contributed by atoms with Crippen LogP contribution < -0.4 is 5.32 Å². The van der Waals surface area contributed by atoms with Crippen molar-refractivity contribution < 1.29 is 23.4 Å². The Morgan fingerprint density at radius 1 is 1.23 bits per heavy atom. The average Bonchev–Trinajstić information content (AvgIpc) is 3.14. The third-order valence-electron chi connectivity index (χ3n) is 4.25. The van der Waals surface area contributed by atoms with Crippen molar-refractivity contribution in [3.63, 3.8) is 0 Å². The highest BCUT2D eigenvalue weighted by Crippen LogP contribution is 2.29. The monoisotopic (exact) mass is 416 g/mol. The molecule has 0 saturated carbocycles. The fraction of sp³-hybridized carbons (Fsp3) is 0.238. The van der Waals surface area contributed by atoms with E-state index in [0.29, 0.717) is 28.2 Å². The van der Waals surface area contributed by atoms with E-state index in [1.54, 1.807) is 29.8 Å². The van der Waals surface area contributed by atoms with Crippen LogP contribution in [0.15, 0.2) is 49.1 Å². The fourth-order valence-electron chi connectivity index (χ4n) is 2.83. The van der Waals surface area contributed by atoms with E-state index in [-0.39, 0.29) is 13.2 Å². The number of halogens is 3. The SMILES string of the molecule is CC#Cc1cc(C(O)Nc2cn(Cc3cccc(C(F)(F)F)c3)cn2)cnc1CO. The standard InChI is InChI=1S/C21H19F3N4O2/c1-2-4-15-8-16(9-25-18(15)12-29)20(30)27-19-11-28(13-26-19)10-14-5-3-6-17(7-14)21(22,23)24/h3,5-9,11,13,20,27,29-30H,10,12H2,1H3. The molecular weight excluding hydrogens is 397 g/mol. The molecule has 3 rings (SSSR count). The lowest BCUT2D eigenvalue weighted by molar-refractivity contribution is -0.137. The van der Waals surface area contributed by atoms with Crippen molar-refractivity contribution in [3.8, 4) is 11.8 Å². The van der Waals surface area contributed by atoms with Gasteiger partial charge >= 0.3 is 6.18 Å². The highest BCUT2D eigenvalue weighted by atomic mass is 19.4. The van der Waals surface area contributed by atoms with Crippen molar-refractivity contribution in [1.82, 2.24) is 14.5 Å². The highest BCUT2D eigenvalue weighted by Gasteiger charge is 2.30. The van der Waals surface area contributed by atoms with Crippen molar-refractivity contribution >= 4 is 5.82 Å². The zero-order valence-electron chi connectivity index (χ0n) is 16.0. The number of alkyl halides is 3. The van der Waals surface area contributed by atoms with Crippen molar-refractivity contribution in [2.75, 3.05) is 5.32 Å². The molecule has 0 aliphatic carbocycles. The number of pyridine rings is 1. The molecule has 0 bridgehead atoms. The maximum atomic E-state index is 12.9. The van der Waals surface area contributed by atoms with Crippen LogP contribution in [0.5, 0.6) is 0 Å². The zero-order valence-corrected chi connectivity index (χ0v) is 16.0. The van der Waals surface area contributed by atoms with E-state index in [1.807, 2.05) is 0 Å². The van der Waals surface area contributed by atoms with Crippen molar-refractivity contribution in [2.45, 2.75) is 32.5 Å². The van der Waals surface area contributed by atoms with Crippen LogP contribution in [-0.2, 0) is 19.3 Å². The summed E-state index contributed by atoms with van der Waals surface area (Å²) in [6.45, 7) is 1.57. The molecule has 9 heteroatoms. The minimum absolute atomic E-state index is 0.192. The smallest absolute Gasteiger partial charge is 0.390 e. The summed E-state index contributed by atoms with van der Waals surface area (Å²) in [5, 5.41) is 22.5. The first-order valence-corrected chi connectivity index (χ1v) is 8.95. The molecule has 156 valence electrons. The average molecular weight is 416 g/mol. The number of aliphatic hydroxyl groups is 2. The Morgan fingerprint density at radius 2 is 2.03 bits per heavy atom. The fourth-order valence-corrected chi connectivity index (χ4v) is 2.83. The second-order valence-corrected chi connectivity index (χ2v) is 6.47. The van der Waals surface area contributed by atoms with E-state index in [2.05, 4.69) is 27.1 Å². The third-order valence-corrected chi connectivity index (χ3v) is 4.25. The lowest BCUT2D eigenvalue weighted by atomic mass is 10.1. The minimum atomic E-state index is -4.40. The van der Waals surface area contributed by atoms with Gasteiger partial charge < -0.3 is 20.1 Å². The summed E-state index contributed by atoms with van der Waals surface area (Å²) in [5.41, 5.74) is 1.11. The molecule has 3 N–H and O–H groups in total. The van der Waals surface area contributed by atoms with Gasteiger partial charge in [0.1, 0.15) is 5.82 Å². The molecule has 0 spiro atoms. The highest BCUT2D eigenvalue weighted by molar-refractivity contribution is 5.42. The Bertz CT molecular complexity index is 1080. The number of benzene rings is 1. The van der Waals surface area contributed by atoms with Crippen LogP contribution >= 0.6 is 0 Å². The third kappa shape index (κ3) is 5.17. The van der Waals surface area contributed by atoms with Gasteiger partial charge in [0.15, 0.2) is 6.23 Å². The number of aliphatic hydroxyl groups excluding tert-OH is 2. The molecule has 0 aliphatic heterocycles. The second-order valence-electron chi connectivity index (χ2n) is 6.47. The van der Waals surface area contributed by atoms with E-state index >= 15 is 0 Å². The van der Waals surface area contributed by atoms with Crippen LogP contribution in [0.1, 0.15) is 41.1 Å². The molecule has 0 aliphatic rings. The summed E-state index contributed by atoms with van der Waals surface area (Å²) in [5.74, 6) is 5.88. The van der Waals surface area contributed by atoms with Crippen LogP contribution in [-0.4, -0.2) is 24.7 Å². The van der Waals surface area contributed by atoms with Gasteiger partial charge in [0.05, 0.1) is 24.2 Å². The molecule has 1 aromatic carbocycles. The van der Waals surface area contributed by atoms with Gasteiger partial charge in [0.25, 0.3) is 0 Å². The van der Waals surface area contributed by atoms with Crippen LogP contribution in [0.4, 0.5) is 19.0 Å². The Kier molecular flexibility index (Phi) is 6.40. The summed E-state index contributed by atoms with van der Waals surface area (Å²) in [6.07, 6.45) is -1.09. The summed E-state index contributed by atoms with van der Waals surface area (Å²) < 4.78 is 40.2. The van der Waals surface area contributed by atoms with Gasteiger partial charge in [-0.15, -0.1) is 5.92 Å².